The molecule has 0 aliphatic rings. The second-order valence-corrected chi connectivity index (χ2v) is 4.25. The lowest BCUT2D eigenvalue weighted by molar-refractivity contribution is -0.137. The summed E-state index contributed by atoms with van der Waals surface area (Å²) in [5, 5.41) is 9.36. The summed E-state index contributed by atoms with van der Waals surface area (Å²) < 4.78 is 51.6. The lowest BCUT2D eigenvalue weighted by Gasteiger charge is -2.11. The molecule has 2 aromatic carbocycles. The molecule has 0 unspecified atom stereocenters. The van der Waals surface area contributed by atoms with Crippen molar-refractivity contribution in [3.8, 4) is 16.9 Å². The van der Waals surface area contributed by atoms with Gasteiger partial charge in [0.05, 0.1) is 5.56 Å². The number of rotatable bonds is 1. The van der Waals surface area contributed by atoms with Crippen molar-refractivity contribution in [2.75, 3.05) is 0 Å². The van der Waals surface area contributed by atoms with Gasteiger partial charge in [-0.05, 0) is 42.8 Å². The third-order valence-corrected chi connectivity index (χ3v) is 2.68. The third-order valence-electron chi connectivity index (χ3n) is 2.68. The van der Waals surface area contributed by atoms with Crippen LogP contribution in [0.15, 0.2) is 36.4 Å². The van der Waals surface area contributed by atoms with Gasteiger partial charge in [0.25, 0.3) is 0 Å². The highest BCUT2D eigenvalue weighted by atomic mass is 19.4. The molecule has 1 N–H and O–H groups in total. The lowest BCUT2D eigenvalue weighted by Crippen LogP contribution is -2.04. The summed E-state index contributed by atoms with van der Waals surface area (Å²) in [4.78, 5) is 0. The van der Waals surface area contributed by atoms with Crippen LogP contribution in [0.3, 0.4) is 0 Å². The number of phenolic OH excluding ortho intramolecular Hbond substituents is 1. The number of phenols is 1. The van der Waals surface area contributed by atoms with Crippen LogP contribution in [-0.2, 0) is 6.18 Å². The van der Waals surface area contributed by atoms with Crippen LogP contribution in [0, 0.1) is 12.7 Å². The van der Waals surface area contributed by atoms with Gasteiger partial charge in [-0.3, -0.25) is 0 Å². The van der Waals surface area contributed by atoms with Crippen molar-refractivity contribution < 1.29 is 22.7 Å². The Kier molecular flexibility index (Phi) is 3.22. The molecule has 0 radical (unpaired) electrons. The van der Waals surface area contributed by atoms with E-state index in [0.29, 0.717) is 11.6 Å². The Morgan fingerprint density at radius 2 is 1.68 bits per heavy atom. The Hall–Kier alpha value is -2.04. The van der Waals surface area contributed by atoms with E-state index in [1.165, 1.54) is 18.2 Å². The Bertz CT molecular complexity index is 617. The molecule has 0 aromatic heterocycles. The smallest absolute Gasteiger partial charge is 0.416 e. The zero-order valence-electron chi connectivity index (χ0n) is 9.92. The van der Waals surface area contributed by atoms with Crippen LogP contribution < -0.4 is 0 Å². The topological polar surface area (TPSA) is 20.2 Å². The summed E-state index contributed by atoms with van der Waals surface area (Å²) >= 11 is 0. The first-order chi connectivity index (χ1) is 8.77. The molecule has 0 bridgehead atoms. The van der Waals surface area contributed by atoms with Crippen molar-refractivity contribution in [3.05, 3.63) is 53.3 Å². The number of aromatic hydroxyl groups is 1. The maximum Gasteiger partial charge on any atom is 0.416 e. The standard InChI is InChI=1S/C14H10F4O/c1-8-2-3-13(15)12(4-8)9-5-10(14(16,17)18)7-11(19)6-9/h2-7,19H,1H3. The Morgan fingerprint density at radius 3 is 2.32 bits per heavy atom. The molecule has 0 aliphatic carbocycles. The fourth-order valence-corrected chi connectivity index (χ4v) is 1.79. The van der Waals surface area contributed by atoms with Gasteiger partial charge in [-0.1, -0.05) is 11.6 Å². The second-order valence-electron chi connectivity index (χ2n) is 4.25. The highest BCUT2D eigenvalue weighted by Gasteiger charge is 2.31. The quantitative estimate of drug-likeness (QED) is 0.755. The SMILES string of the molecule is Cc1ccc(F)c(-c2cc(O)cc(C(F)(F)F)c2)c1. The summed E-state index contributed by atoms with van der Waals surface area (Å²) in [5.41, 5.74) is -0.272. The van der Waals surface area contributed by atoms with Crippen molar-refractivity contribution >= 4 is 0 Å². The molecule has 0 fully saturated rings. The van der Waals surface area contributed by atoms with Crippen LogP contribution in [0.4, 0.5) is 17.6 Å². The molecule has 0 aliphatic heterocycles. The molecule has 0 heterocycles. The molecule has 0 spiro atoms. The Balaban J connectivity index is 2.63. The van der Waals surface area contributed by atoms with Gasteiger partial charge in [-0.2, -0.15) is 13.2 Å². The monoisotopic (exact) mass is 270 g/mol. The molecule has 2 rings (SSSR count). The fourth-order valence-electron chi connectivity index (χ4n) is 1.79. The molecule has 2 aromatic rings. The summed E-state index contributed by atoms with van der Waals surface area (Å²) in [6, 6.07) is 6.67. The van der Waals surface area contributed by atoms with Gasteiger partial charge in [0.1, 0.15) is 11.6 Å². The Morgan fingerprint density at radius 1 is 1.00 bits per heavy atom. The van der Waals surface area contributed by atoms with E-state index in [1.54, 1.807) is 6.92 Å². The van der Waals surface area contributed by atoms with Crippen LogP contribution in [0.2, 0.25) is 0 Å². The number of alkyl halides is 3. The van der Waals surface area contributed by atoms with Crippen molar-refractivity contribution in [1.82, 2.24) is 0 Å². The van der Waals surface area contributed by atoms with Gasteiger partial charge < -0.3 is 5.11 Å². The minimum atomic E-state index is -4.59. The van der Waals surface area contributed by atoms with Gasteiger partial charge in [-0.25, -0.2) is 4.39 Å². The van der Waals surface area contributed by atoms with Crippen molar-refractivity contribution in [2.45, 2.75) is 13.1 Å². The van der Waals surface area contributed by atoms with E-state index in [9.17, 15) is 22.7 Å². The van der Waals surface area contributed by atoms with E-state index in [-0.39, 0.29) is 11.1 Å². The van der Waals surface area contributed by atoms with E-state index in [1.807, 2.05) is 0 Å². The van der Waals surface area contributed by atoms with Gasteiger partial charge in [0.15, 0.2) is 0 Å². The number of hydrogen-bond donors (Lipinski definition) is 1. The molecule has 1 nitrogen and oxygen atoms in total. The molecule has 0 saturated carbocycles. The number of aryl methyl sites for hydroxylation is 1. The van der Waals surface area contributed by atoms with Crippen LogP contribution in [0.5, 0.6) is 5.75 Å². The molecule has 100 valence electrons. The van der Waals surface area contributed by atoms with Crippen LogP contribution in [-0.4, -0.2) is 5.11 Å². The van der Waals surface area contributed by atoms with Gasteiger partial charge >= 0.3 is 6.18 Å². The largest absolute Gasteiger partial charge is 0.508 e. The molecule has 5 heteroatoms. The Labute approximate surface area is 107 Å². The van der Waals surface area contributed by atoms with Crippen molar-refractivity contribution in [2.24, 2.45) is 0 Å². The van der Waals surface area contributed by atoms with Crippen LogP contribution in [0.25, 0.3) is 11.1 Å². The average Bonchev–Trinajstić information content (AvgIpc) is 2.30. The fraction of sp³-hybridized carbons (Fsp3) is 0.143. The molecular weight excluding hydrogens is 260 g/mol. The number of halogens is 4. The normalized spacial score (nSPS) is 11.6. The first-order valence-electron chi connectivity index (χ1n) is 5.45. The molecular formula is C14H10F4O. The zero-order chi connectivity index (χ0) is 14.2. The van der Waals surface area contributed by atoms with Crippen LogP contribution in [0.1, 0.15) is 11.1 Å². The predicted octanol–water partition coefficient (Wildman–Crippen LogP) is 4.53. The summed E-state index contributed by atoms with van der Waals surface area (Å²) in [6.07, 6.45) is -4.59. The van der Waals surface area contributed by atoms with E-state index in [0.717, 1.165) is 12.1 Å². The van der Waals surface area contributed by atoms with E-state index < -0.39 is 23.3 Å². The molecule has 0 saturated heterocycles. The van der Waals surface area contributed by atoms with E-state index in [4.69, 9.17) is 0 Å². The first kappa shape index (κ1) is 13.4. The van der Waals surface area contributed by atoms with Gasteiger partial charge in [0, 0.05) is 5.56 Å². The van der Waals surface area contributed by atoms with Crippen LogP contribution >= 0.6 is 0 Å². The number of benzene rings is 2. The highest BCUT2D eigenvalue weighted by molar-refractivity contribution is 5.67. The summed E-state index contributed by atoms with van der Waals surface area (Å²) in [6.45, 7) is 1.70. The van der Waals surface area contributed by atoms with E-state index in [2.05, 4.69) is 0 Å². The second kappa shape index (κ2) is 4.57. The molecule has 19 heavy (non-hydrogen) atoms. The van der Waals surface area contributed by atoms with Gasteiger partial charge in [-0.15, -0.1) is 0 Å². The van der Waals surface area contributed by atoms with Crippen molar-refractivity contribution in [3.63, 3.8) is 0 Å². The minimum Gasteiger partial charge on any atom is -0.508 e. The van der Waals surface area contributed by atoms with Gasteiger partial charge in [0.2, 0.25) is 0 Å². The summed E-state index contributed by atoms with van der Waals surface area (Å²) in [5.74, 6) is -1.19. The lowest BCUT2D eigenvalue weighted by atomic mass is 10.00. The maximum absolute atomic E-state index is 13.7. The highest BCUT2D eigenvalue weighted by Crippen LogP contribution is 2.36. The van der Waals surface area contributed by atoms with E-state index >= 15 is 0 Å². The zero-order valence-corrected chi connectivity index (χ0v) is 9.92. The van der Waals surface area contributed by atoms with Crippen molar-refractivity contribution in [1.29, 1.82) is 0 Å². The summed E-state index contributed by atoms with van der Waals surface area (Å²) in [7, 11) is 0. The maximum atomic E-state index is 13.7. The number of hydrogen-bond acceptors (Lipinski definition) is 1. The average molecular weight is 270 g/mol. The molecule has 0 atom stereocenters. The first-order valence-corrected chi connectivity index (χ1v) is 5.45. The molecule has 0 amide bonds. The minimum absolute atomic E-state index is 0.00600. The predicted molar refractivity (Wildman–Crippen MR) is 63.2 cm³/mol. The third kappa shape index (κ3) is 2.86.